The summed E-state index contributed by atoms with van der Waals surface area (Å²) in [6, 6.07) is 0. The molecule has 144 valence electrons. The average molecular weight is 358 g/mol. The maximum atomic E-state index is 11.6. The monoisotopic (exact) mass is 358 g/mol. The Hall–Kier alpha value is -1.80. The van der Waals surface area contributed by atoms with E-state index in [1.807, 2.05) is 6.92 Å². The predicted octanol–water partition coefficient (Wildman–Crippen LogP) is -0.0897. The van der Waals surface area contributed by atoms with Crippen LogP contribution in [0.5, 0.6) is 0 Å². The van der Waals surface area contributed by atoms with Crippen LogP contribution in [-0.4, -0.2) is 53.0 Å². The molecule has 0 aromatic carbocycles. The zero-order valence-corrected chi connectivity index (χ0v) is 15.4. The van der Waals surface area contributed by atoms with E-state index in [9.17, 15) is 24.3 Å². The summed E-state index contributed by atoms with van der Waals surface area (Å²) in [6.07, 6.45) is -0.210. The van der Waals surface area contributed by atoms with Gasteiger partial charge in [-0.2, -0.15) is 0 Å². The molecule has 2 unspecified atom stereocenters. The van der Waals surface area contributed by atoms with Gasteiger partial charge in [-0.15, -0.1) is 0 Å². The number of ketones is 2. The number of hydrogen-bond donors (Lipinski definition) is 4. The summed E-state index contributed by atoms with van der Waals surface area (Å²) in [5.74, 6) is -2.66. The van der Waals surface area contributed by atoms with Crippen molar-refractivity contribution in [1.29, 1.82) is 0 Å². The van der Waals surface area contributed by atoms with Crippen LogP contribution in [0.4, 0.5) is 0 Å². The maximum absolute atomic E-state index is 11.6. The van der Waals surface area contributed by atoms with Gasteiger partial charge in [-0.1, -0.05) is 27.7 Å². The van der Waals surface area contributed by atoms with Gasteiger partial charge in [0.25, 0.3) is 11.8 Å². The molecule has 0 heterocycles. The first-order valence-corrected chi connectivity index (χ1v) is 8.48. The Morgan fingerprint density at radius 2 is 1.68 bits per heavy atom. The number of amides is 2. The molecule has 0 aliphatic heterocycles. The van der Waals surface area contributed by atoms with Gasteiger partial charge in [-0.3, -0.25) is 19.2 Å². The van der Waals surface area contributed by atoms with Crippen LogP contribution in [0, 0.1) is 11.3 Å². The lowest BCUT2D eigenvalue weighted by molar-refractivity contribution is -0.142. The van der Waals surface area contributed by atoms with Crippen LogP contribution in [-0.2, 0) is 19.2 Å². The Morgan fingerprint density at radius 1 is 1.08 bits per heavy atom. The van der Waals surface area contributed by atoms with E-state index in [1.165, 1.54) is 0 Å². The molecule has 0 rings (SSSR count). The number of rotatable bonds is 12. The molecule has 8 heteroatoms. The van der Waals surface area contributed by atoms with E-state index in [0.29, 0.717) is 19.4 Å². The van der Waals surface area contributed by atoms with Crippen molar-refractivity contribution in [3.05, 3.63) is 0 Å². The largest absolute Gasteiger partial charge is 0.396 e. The number of nitrogens with one attached hydrogen (secondary N) is 2. The molecule has 0 radical (unpaired) electrons. The zero-order valence-electron chi connectivity index (χ0n) is 15.4. The third-order valence-electron chi connectivity index (χ3n) is 3.97. The summed E-state index contributed by atoms with van der Waals surface area (Å²) in [7, 11) is 0. The fourth-order valence-corrected chi connectivity index (χ4v) is 2.42. The van der Waals surface area contributed by atoms with E-state index in [2.05, 4.69) is 10.6 Å². The molecule has 0 aliphatic carbocycles. The Morgan fingerprint density at radius 3 is 2.20 bits per heavy atom. The van der Waals surface area contributed by atoms with Crippen LogP contribution in [0.2, 0.25) is 0 Å². The molecule has 2 amide bonds. The molecule has 25 heavy (non-hydrogen) atoms. The van der Waals surface area contributed by atoms with Crippen LogP contribution in [0.1, 0.15) is 53.4 Å². The van der Waals surface area contributed by atoms with Crippen LogP contribution in [0.3, 0.4) is 0 Å². The van der Waals surface area contributed by atoms with Gasteiger partial charge in [-0.05, 0) is 18.8 Å². The second kappa shape index (κ2) is 10.9. The molecule has 0 spiro atoms. The first kappa shape index (κ1) is 23.2. The highest BCUT2D eigenvalue weighted by Gasteiger charge is 2.32. The number of aliphatic hydroxyl groups excluding tert-OH is 2. The first-order chi connectivity index (χ1) is 11.5. The molecule has 0 aromatic rings. The van der Waals surface area contributed by atoms with Gasteiger partial charge < -0.3 is 20.8 Å². The van der Waals surface area contributed by atoms with Crippen molar-refractivity contribution in [1.82, 2.24) is 10.6 Å². The number of Topliss-reactive ketones (excluding diaryl/α,β-unsaturated/α-hetero) is 2. The van der Waals surface area contributed by atoms with Crippen molar-refractivity contribution in [3.8, 4) is 0 Å². The van der Waals surface area contributed by atoms with Crippen molar-refractivity contribution < 1.29 is 29.4 Å². The molecule has 4 N–H and O–H groups in total. The van der Waals surface area contributed by atoms with Crippen LogP contribution >= 0.6 is 0 Å². The third kappa shape index (κ3) is 8.74. The Bertz CT molecular complexity index is 490. The summed E-state index contributed by atoms with van der Waals surface area (Å²) in [5.41, 5.74) is -0.697. The third-order valence-corrected chi connectivity index (χ3v) is 3.97. The summed E-state index contributed by atoms with van der Waals surface area (Å²) in [6.45, 7) is 6.98. The van der Waals surface area contributed by atoms with E-state index < -0.39 is 41.6 Å². The molecule has 0 saturated carbocycles. The van der Waals surface area contributed by atoms with Crippen molar-refractivity contribution in [2.45, 2.75) is 59.6 Å². The number of aliphatic hydroxyl groups is 2. The van der Waals surface area contributed by atoms with Crippen molar-refractivity contribution >= 4 is 23.4 Å². The van der Waals surface area contributed by atoms with Crippen LogP contribution in [0.15, 0.2) is 0 Å². The summed E-state index contributed by atoms with van der Waals surface area (Å²) in [4.78, 5) is 45.5. The minimum Gasteiger partial charge on any atom is -0.396 e. The summed E-state index contributed by atoms with van der Waals surface area (Å²) in [5, 5.41) is 23.6. The van der Waals surface area contributed by atoms with Crippen molar-refractivity contribution in [3.63, 3.8) is 0 Å². The first-order valence-electron chi connectivity index (χ1n) is 8.48. The highest BCUT2D eigenvalue weighted by molar-refractivity contribution is 6.36. The van der Waals surface area contributed by atoms with E-state index in [0.717, 1.165) is 0 Å². The van der Waals surface area contributed by atoms with Gasteiger partial charge in [0.2, 0.25) is 11.6 Å². The highest BCUT2D eigenvalue weighted by atomic mass is 16.3. The van der Waals surface area contributed by atoms with Crippen LogP contribution < -0.4 is 10.6 Å². The average Bonchev–Trinajstić information content (AvgIpc) is 2.53. The fraction of sp³-hybridized carbons (Fsp3) is 0.765. The fourth-order valence-electron chi connectivity index (χ4n) is 2.42. The van der Waals surface area contributed by atoms with E-state index in [4.69, 9.17) is 5.11 Å². The van der Waals surface area contributed by atoms with E-state index in [-0.39, 0.29) is 18.8 Å². The predicted molar refractivity (Wildman–Crippen MR) is 91.3 cm³/mol. The molecular formula is C17H30N2O6. The SMILES string of the molecule is CCC(=O)C(=O)NCCC(C)CC(C)(C)C(O)NC(=O)C(=O)CCO. The smallest absolute Gasteiger partial charge is 0.289 e. The van der Waals surface area contributed by atoms with E-state index >= 15 is 0 Å². The standard InChI is InChI=1S/C17H30N2O6/c1-5-12(21)14(23)18-8-6-11(2)10-17(3,4)16(25)19-15(24)13(22)7-9-20/h11,16,20,25H,5-10H2,1-4H3,(H,18,23)(H,19,24). The summed E-state index contributed by atoms with van der Waals surface area (Å²) < 4.78 is 0. The van der Waals surface area contributed by atoms with Gasteiger partial charge in [0.1, 0.15) is 6.23 Å². The Balaban J connectivity index is 4.39. The second-order valence-corrected chi connectivity index (χ2v) is 6.89. The molecule has 0 saturated heterocycles. The molecule has 2 atom stereocenters. The molecule has 0 fully saturated rings. The second-order valence-electron chi connectivity index (χ2n) is 6.89. The lowest BCUT2D eigenvalue weighted by Crippen LogP contribution is -2.48. The van der Waals surface area contributed by atoms with Gasteiger partial charge in [-0.25, -0.2) is 0 Å². The molecule has 0 aromatic heterocycles. The van der Waals surface area contributed by atoms with Gasteiger partial charge in [0.15, 0.2) is 0 Å². The number of carbonyl (C=O) groups excluding carboxylic acids is 4. The van der Waals surface area contributed by atoms with Crippen molar-refractivity contribution in [2.24, 2.45) is 11.3 Å². The minimum atomic E-state index is -1.22. The molecule has 0 bridgehead atoms. The minimum absolute atomic E-state index is 0.103. The number of carbonyl (C=O) groups is 4. The van der Waals surface area contributed by atoms with E-state index in [1.54, 1.807) is 20.8 Å². The highest BCUT2D eigenvalue weighted by Crippen LogP contribution is 2.29. The Labute approximate surface area is 148 Å². The molecule has 8 nitrogen and oxygen atoms in total. The normalized spacial score (nSPS) is 13.7. The molecule has 0 aliphatic rings. The number of hydrogen-bond acceptors (Lipinski definition) is 6. The van der Waals surface area contributed by atoms with Crippen LogP contribution in [0.25, 0.3) is 0 Å². The van der Waals surface area contributed by atoms with Gasteiger partial charge in [0, 0.05) is 24.8 Å². The lowest BCUT2D eigenvalue weighted by atomic mass is 9.80. The Kier molecular flexibility index (Phi) is 10.2. The van der Waals surface area contributed by atoms with Gasteiger partial charge in [0.05, 0.1) is 6.61 Å². The maximum Gasteiger partial charge on any atom is 0.289 e. The van der Waals surface area contributed by atoms with Crippen molar-refractivity contribution in [2.75, 3.05) is 13.2 Å². The quantitative estimate of drug-likeness (QED) is 0.285. The lowest BCUT2D eigenvalue weighted by Gasteiger charge is -2.33. The topological polar surface area (TPSA) is 133 Å². The molecular weight excluding hydrogens is 328 g/mol. The summed E-state index contributed by atoms with van der Waals surface area (Å²) >= 11 is 0. The van der Waals surface area contributed by atoms with Gasteiger partial charge >= 0.3 is 0 Å². The zero-order chi connectivity index (χ0) is 19.6.